The predicted octanol–water partition coefficient (Wildman–Crippen LogP) is 1.93. The monoisotopic (exact) mass is 320 g/mol. The number of aromatic nitrogens is 2. The molecule has 3 rings (SSSR count). The SMILES string of the molecule is CN(Cc1cnc(NC[C@@H]2CCCO2)nc1)CC1CCOCC1. The van der Waals surface area contributed by atoms with Gasteiger partial charge in [-0.1, -0.05) is 0 Å². The van der Waals surface area contributed by atoms with Crippen molar-refractivity contribution in [2.45, 2.75) is 38.3 Å². The highest BCUT2D eigenvalue weighted by Gasteiger charge is 2.17. The second kappa shape index (κ2) is 8.57. The van der Waals surface area contributed by atoms with E-state index in [0.29, 0.717) is 12.1 Å². The predicted molar refractivity (Wildman–Crippen MR) is 89.4 cm³/mol. The summed E-state index contributed by atoms with van der Waals surface area (Å²) in [6, 6.07) is 0. The van der Waals surface area contributed by atoms with Crippen LogP contribution >= 0.6 is 0 Å². The summed E-state index contributed by atoms with van der Waals surface area (Å²) >= 11 is 0. The maximum atomic E-state index is 5.59. The minimum absolute atomic E-state index is 0.309. The van der Waals surface area contributed by atoms with Gasteiger partial charge in [-0.2, -0.15) is 0 Å². The number of rotatable bonds is 7. The molecule has 2 saturated heterocycles. The van der Waals surface area contributed by atoms with Crippen molar-refractivity contribution in [3.63, 3.8) is 0 Å². The standard InChI is InChI=1S/C17H28N4O2/c1-21(12-14-4-7-22-8-5-14)13-15-9-18-17(19-10-15)20-11-16-3-2-6-23-16/h9-10,14,16H,2-8,11-13H2,1H3,(H,18,19,20)/t16-/m0/s1. The Balaban J connectivity index is 1.41. The first-order chi connectivity index (χ1) is 11.3. The van der Waals surface area contributed by atoms with Gasteiger partial charge in [0.05, 0.1) is 6.10 Å². The summed E-state index contributed by atoms with van der Waals surface area (Å²) in [5, 5.41) is 3.26. The lowest BCUT2D eigenvalue weighted by Crippen LogP contribution is -2.29. The number of hydrogen-bond donors (Lipinski definition) is 1. The third-order valence-electron chi connectivity index (χ3n) is 4.58. The zero-order chi connectivity index (χ0) is 15.9. The number of nitrogens with one attached hydrogen (secondary N) is 1. The van der Waals surface area contributed by atoms with Crippen LogP contribution in [0.4, 0.5) is 5.95 Å². The maximum absolute atomic E-state index is 5.59. The Bertz CT molecular complexity index is 456. The molecule has 6 heteroatoms. The lowest BCUT2D eigenvalue weighted by Gasteiger charge is -2.27. The maximum Gasteiger partial charge on any atom is 0.222 e. The molecule has 0 aromatic carbocycles. The zero-order valence-electron chi connectivity index (χ0n) is 14.0. The summed E-state index contributed by atoms with van der Waals surface area (Å²) in [6.45, 7) is 5.50. The van der Waals surface area contributed by atoms with E-state index in [1.165, 1.54) is 12.8 Å². The molecule has 0 aliphatic carbocycles. The molecule has 2 aliphatic heterocycles. The Morgan fingerprint density at radius 1 is 1.17 bits per heavy atom. The molecule has 0 unspecified atom stereocenters. The van der Waals surface area contributed by atoms with E-state index in [0.717, 1.165) is 63.8 Å². The fourth-order valence-corrected chi connectivity index (χ4v) is 3.28. The normalized spacial score (nSPS) is 22.6. The van der Waals surface area contributed by atoms with Crippen LogP contribution in [0, 0.1) is 5.92 Å². The average molecular weight is 320 g/mol. The highest BCUT2D eigenvalue weighted by molar-refractivity contribution is 5.24. The van der Waals surface area contributed by atoms with Crippen LogP contribution in [-0.4, -0.2) is 60.9 Å². The molecule has 1 aromatic rings. The van der Waals surface area contributed by atoms with Crippen molar-refractivity contribution >= 4 is 5.95 Å². The second-order valence-electron chi connectivity index (χ2n) is 6.68. The van der Waals surface area contributed by atoms with Crippen molar-refractivity contribution in [3.8, 4) is 0 Å². The van der Waals surface area contributed by atoms with Crippen molar-refractivity contribution in [3.05, 3.63) is 18.0 Å². The molecular formula is C17H28N4O2. The number of nitrogens with zero attached hydrogens (tertiary/aromatic N) is 3. The molecule has 0 amide bonds. The van der Waals surface area contributed by atoms with E-state index < -0.39 is 0 Å². The highest BCUT2D eigenvalue weighted by atomic mass is 16.5. The van der Waals surface area contributed by atoms with E-state index in [9.17, 15) is 0 Å². The third-order valence-corrected chi connectivity index (χ3v) is 4.58. The lowest BCUT2D eigenvalue weighted by molar-refractivity contribution is 0.0549. The van der Waals surface area contributed by atoms with Crippen LogP contribution in [0.3, 0.4) is 0 Å². The van der Waals surface area contributed by atoms with Gasteiger partial charge >= 0.3 is 0 Å². The molecule has 128 valence electrons. The minimum atomic E-state index is 0.309. The molecule has 1 aromatic heterocycles. The van der Waals surface area contributed by atoms with E-state index in [2.05, 4.69) is 27.2 Å². The van der Waals surface area contributed by atoms with E-state index >= 15 is 0 Å². The molecule has 0 radical (unpaired) electrons. The molecule has 3 heterocycles. The Morgan fingerprint density at radius 3 is 2.65 bits per heavy atom. The first-order valence-corrected chi connectivity index (χ1v) is 8.72. The van der Waals surface area contributed by atoms with E-state index in [-0.39, 0.29) is 0 Å². The molecule has 0 bridgehead atoms. The van der Waals surface area contributed by atoms with Gasteiger partial charge in [0, 0.05) is 57.4 Å². The third kappa shape index (κ3) is 5.41. The van der Waals surface area contributed by atoms with E-state index in [1.807, 2.05) is 12.4 Å². The molecule has 1 N–H and O–H groups in total. The van der Waals surface area contributed by atoms with Gasteiger partial charge in [0.25, 0.3) is 0 Å². The fraction of sp³-hybridized carbons (Fsp3) is 0.765. The Labute approximate surface area is 138 Å². The summed E-state index contributed by atoms with van der Waals surface area (Å²) in [7, 11) is 2.17. The molecular weight excluding hydrogens is 292 g/mol. The Hall–Kier alpha value is -1.24. The summed E-state index contributed by atoms with van der Waals surface area (Å²) < 4.78 is 11.0. The Kier molecular flexibility index (Phi) is 6.19. The molecule has 1 atom stereocenters. The summed E-state index contributed by atoms with van der Waals surface area (Å²) in [5.41, 5.74) is 1.15. The van der Waals surface area contributed by atoms with Gasteiger partial charge in [0.1, 0.15) is 0 Å². The van der Waals surface area contributed by atoms with Crippen LogP contribution in [0.15, 0.2) is 12.4 Å². The van der Waals surface area contributed by atoms with Gasteiger partial charge in [0.15, 0.2) is 0 Å². The van der Waals surface area contributed by atoms with Crippen LogP contribution < -0.4 is 5.32 Å². The topological polar surface area (TPSA) is 59.5 Å². The van der Waals surface area contributed by atoms with Crippen molar-refractivity contribution in [1.29, 1.82) is 0 Å². The first-order valence-electron chi connectivity index (χ1n) is 8.72. The number of hydrogen-bond acceptors (Lipinski definition) is 6. The van der Waals surface area contributed by atoms with Crippen LogP contribution in [-0.2, 0) is 16.0 Å². The van der Waals surface area contributed by atoms with Crippen molar-refractivity contribution in [1.82, 2.24) is 14.9 Å². The largest absolute Gasteiger partial charge is 0.381 e. The molecule has 6 nitrogen and oxygen atoms in total. The fourth-order valence-electron chi connectivity index (χ4n) is 3.28. The second-order valence-corrected chi connectivity index (χ2v) is 6.68. The van der Waals surface area contributed by atoms with Gasteiger partial charge in [-0.05, 0) is 38.6 Å². The van der Waals surface area contributed by atoms with Crippen molar-refractivity contribution in [2.24, 2.45) is 5.92 Å². The summed E-state index contributed by atoms with van der Waals surface area (Å²) in [4.78, 5) is 11.2. The molecule has 2 aliphatic rings. The number of ether oxygens (including phenoxy) is 2. The van der Waals surface area contributed by atoms with E-state index in [4.69, 9.17) is 9.47 Å². The molecule has 2 fully saturated rings. The van der Waals surface area contributed by atoms with Crippen LogP contribution in [0.25, 0.3) is 0 Å². The summed E-state index contributed by atoms with van der Waals surface area (Å²) in [6.07, 6.45) is 8.79. The molecule has 0 spiro atoms. The van der Waals surface area contributed by atoms with Gasteiger partial charge in [0.2, 0.25) is 5.95 Å². The quantitative estimate of drug-likeness (QED) is 0.828. The smallest absolute Gasteiger partial charge is 0.222 e. The highest BCUT2D eigenvalue weighted by Crippen LogP contribution is 2.16. The van der Waals surface area contributed by atoms with Gasteiger partial charge in [-0.15, -0.1) is 0 Å². The van der Waals surface area contributed by atoms with Crippen LogP contribution in [0.1, 0.15) is 31.2 Å². The van der Waals surface area contributed by atoms with Crippen LogP contribution in [0.2, 0.25) is 0 Å². The van der Waals surface area contributed by atoms with Gasteiger partial charge in [-0.25, -0.2) is 9.97 Å². The molecule has 0 saturated carbocycles. The van der Waals surface area contributed by atoms with Gasteiger partial charge < -0.3 is 19.7 Å². The lowest BCUT2D eigenvalue weighted by atomic mass is 10.00. The first kappa shape index (κ1) is 16.6. The Morgan fingerprint density at radius 2 is 1.96 bits per heavy atom. The van der Waals surface area contributed by atoms with Crippen molar-refractivity contribution < 1.29 is 9.47 Å². The van der Waals surface area contributed by atoms with Crippen molar-refractivity contribution in [2.75, 3.05) is 45.3 Å². The molecule has 23 heavy (non-hydrogen) atoms. The number of anilines is 1. The van der Waals surface area contributed by atoms with Crippen LogP contribution in [0.5, 0.6) is 0 Å². The van der Waals surface area contributed by atoms with Gasteiger partial charge in [-0.3, -0.25) is 0 Å². The average Bonchev–Trinajstić information content (AvgIpc) is 3.08. The van der Waals surface area contributed by atoms with E-state index in [1.54, 1.807) is 0 Å². The minimum Gasteiger partial charge on any atom is -0.381 e. The summed E-state index contributed by atoms with van der Waals surface area (Å²) in [5.74, 6) is 1.44. The zero-order valence-corrected chi connectivity index (χ0v) is 14.0.